The second-order valence-corrected chi connectivity index (χ2v) is 5.92. The summed E-state index contributed by atoms with van der Waals surface area (Å²) < 4.78 is 5.75. The highest BCUT2D eigenvalue weighted by Gasteiger charge is 2.21. The molecule has 5 nitrogen and oxygen atoms in total. The number of unbranched alkanes of at least 4 members (excludes halogenated alkanes) is 1. The lowest BCUT2D eigenvalue weighted by Crippen LogP contribution is -2.45. The summed E-state index contributed by atoms with van der Waals surface area (Å²) in [4.78, 5) is 2.53. The van der Waals surface area contributed by atoms with Crippen LogP contribution in [0.1, 0.15) is 37.9 Å². The van der Waals surface area contributed by atoms with Crippen molar-refractivity contribution in [1.29, 1.82) is 0 Å². The molecule has 2 N–H and O–H groups in total. The molecule has 1 saturated heterocycles. The van der Waals surface area contributed by atoms with E-state index in [1.54, 1.807) is 0 Å². The molecular formula is C15H28N4O. The molecule has 0 aromatic carbocycles. The largest absolute Gasteiger partial charge is 0.373 e. The summed E-state index contributed by atoms with van der Waals surface area (Å²) in [5.74, 6) is 0. The predicted octanol–water partition coefficient (Wildman–Crippen LogP) is 1.70. The molecule has 0 bridgehead atoms. The average Bonchev–Trinajstić information content (AvgIpc) is 2.78. The topological polar surface area (TPSA) is 53.2 Å². The molecule has 0 unspecified atom stereocenters. The quantitative estimate of drug-likeness (QED) is 0.746. The highest BCUT2D eigenvalue weighted by Crippen LogP contribution is 2.11. The van der Waals surface area contributed by atoms with E-state index in [-0.39, 0.29) is 0 Å². The first-order chi connectivity index (χ1) is 9.65. The summed E-state index contributed by atoms with van der Waals surface area (Å²) in [5, 5.41) is 10.5. The number of morpholine rings is 1. The number of hydrogen-bond donors (Lipinski definition) is 2. The summed E-state index contributed by atoms with van der Waals surface area (Å²) in [6.45, 7) is 11.7. The van der Waals surface area contributed by atoms with E-state index in [4.69, 9.17) is 4.74 Å². The van der Waals surface area contributed by atoms with Crippen LogP contribution in [0.5, 0.6) is 0 Å². The first-order valence-electron chi connectivity index (χ1n) is 7.72. The molecule has 0 saturated carbocycles. The molecule has 1 aromatic rings. The third kappa shape index (κ3) is 4.89. The second kappa shape index (κ2) is 7.76. The molecule has 1 aliphatic heterocycles. The van der Waals surface area contributed by atoms with Gasteiger partial charge in [-0.1, -0.05) is 0 Å². The van der Waals surface area contributed by atoms with Gasteiger partial charge in [-0.2, -0.15) is 5.10 Å². The van der Waals surface area contributed by atoms with Gasteiger partial charge < -0.3 is 10.1 Å². The molecule has 0 radical (unpaired) electrons. The Morgan fingerprint density at radius 2 is 2.10 bits per heavy atom. The van der Waals surface area contributed by atoms with Gasteiger partial charge in [0, 0.05) is 30.9 Å². The number of aryl methyl sites for hydroxylation is 1. The first-order valence-corrected chi connectivity index (χ1v) is 7.72. The minimum absolute atomic E-state index is 0.376. The van der Waals surface area contributed by atoms with Gasteiger partial charge in [-0.05, 0) is 46.7 Å². The van der Waals surface area contributed by atoms with Crippen molar-refractivity contribution in [2.45, 2.75) is 52.4 Å². The van der Waals surface area contributed by atoms with Gasteiger partial charge in [0.15, 0.2) is 0 Å². The van der Waals surface area contributed by atoms with Crippen molar-refractivity contribution in [1.82, 2.24) is 20.4 Å². The molecule has 114 valence electrons. The average molecular weight is 280 g/mol. The maximum Gasteiger partial charge on any atom is 0.0678 e. The Bertz CT molecular complexity index is 383. The summed E-state index contributed by atoms with van der Waals surface area (Å²) in [7, 11) is 0. The number of nitrogens with one attached hydrogen (secondary N) is 2. The standard InChI is InChI=1S/C15H28N4O/c1-12-10-19(11-13(2)20-12)7-5-4-6-16-8-15-9-17-18-14(15)3/h9,12-13,16H,4-8,10-11H2,1-3H3,(H,17,18)/t12-,13+. The van der Waals surface area contributed by atoms with E-state index in [0.717, 1.165) is 31.9 Å². The molecule has 2 atom stereocenters. The second-order valence-electron chi connectivity index (χ2n) is 5.92. The van der Waals surface area contributed by atoms with E-state index in [1.165, 1.54) is 24.9 Å². The van der Waals surface area contributed by atoms with Crippen molar-refractivity contribution in [3.63, 3.8) is 0 Å². The number of nitrogens with zero attached hydrogens (tertiary/aromatic N) is 2. The van der Waals surface area contributed by atoms with Gasteiger partial charge in [0.2, 0.25) is 0 Å². The lowest BCUT2D eigenvalue weighted by Gasteiger charge is -2.35. The van der Waals surface area contributed by atoms with Crippen molar-refractivity contribution >= 4 is 0 Å². The van der Waals surface area contributed by atoms with Gasteiger partial charge >= 0.3 is 0 Å². The van der Waals surface area contributed by atoms with Gasteiger partial charge in [-0.15, -0.1) is 0 Å². The molecule has 5 heteroatoms. The number of aromatic nitrogens is 2. The fourth-order valence-corrected chi connectivity index (χ4v) is 2.83. The summed E-state index contributed by atoms with van der Waals surface area (Å²) in [6, 6.07) is 0. The molecule has 1 aliphatic rings. The van der Waals surface area contributed by atoms with Crippen LogP contribution in [0.25, 0.3) is 0 Å². The zero-order valence-corrected chi connectivity index (χ0v) is 13.0. The fourth-order valence-electron chi connectivity index (χ4n) is 2.83. The van der Waals surface area contributed by atoms with Crippen LogP contribution in [0.15, 0.2) is 6.20 Å². The molecular weight excluding hydrogens is 252 g/mol. The molecule has 1 fully saturated rings. The lowest BCUT2D eigenvalue weighted by atomic mass is 10.2. The highest BCUT2D eigenvalue weighted by atomic mass is 16.5. The molecule has 2 heterocycles. The summed E-state index contributed by atoms with van der Waals surface area (Å²) >= 11 is 0. The Morgan fingerprint density at radius 3 is 2.75 bits per heavy atom. The van der Waals surface area contributed by atoms with E-state index in [2.05, 4.69) is 41.2 Å². The third-order valence-electron chi connectivity index (χ3n) is 3.82. The molecule has 20 heavy (non-hydrogen) atoms. The molecule has 0 aliphatic carbocycles. The van der Waals surface area contributed by atoms with Gasteiger partial charge in [0.05, 0.1) is 18.4 Å². The van der Waals surface area contributed by atoms with Crippen LogP contribution in [0.3, 0.4) is 0 Å². The Labute approximate surface area is 122 Å². The summed E-state index contributed by atoms with van der Waals surface area (Å²) in [5.41, 5.74) is 2.43. The Morgan fingerprint density at radius 1 is 1.35 bits per heavy atom. The lowest BCUT2D eigenvalue weighted by molar-refractivity contribution is -0.0681. The monoisotopic (exact) mass is 280 g/mol. The van der Waals surface area contributed by atoms with Gasteiger partial charge in [-0.3, -0.25) is 10.00 Å². The number of H-pyrrole nitrogens is 1. The van der Waals surface area contributed by atoms with Gasteiger partial charge in [-0.25, -0.2) is 0 Å². The molecule has 0 spiro atoms. The maximum atomic E-state index is 5.75. The summed E-state index contributed by atoms with van der Waals surface area (Å²) in [6.07, 6.45) is 5.12. The van der Waals surface area contributed by atoms with E-state index >= 15 is 0 Å². The van der Waals surface area contributed by atoms with Crippen LogP contribution in [0.4, 0.5) is 0 Å². The Balaban J connectivity index is 1.52. The van der Waals surface area contributed by atoms with Crippen LogP contribution in [-0.2, 0) is 11.3 Å². The molecule has 0 amide bonds. The number of rotatable bonds is 7. The minimum Gasteiger partial charge on any atom is -0.373 e. The maximum absolute atomic E-state index is 5.75. The van der Waals surface area contributed by atoms with Crippen LogP contribution in [0.2, 0.25) is 0 Å². The predicted molar refractivity (Wildman–Crippen MR) is 80.7 cm³/mol. The number of ether oxygens (including phenoxy) is 1. The highest BCUT2D eigenvalue weighted by molar-refractivity contribution is 5.13. The van der Waals surface area contributed by atoms with Crippen molar-refractivity contribution in [3.05, 3.63) is 17.5 Å². The zero-order chi connectivity index (χ0) is 14.4. The SMILES string of the molecule is Cc1[nH]ncc1CNCCCCN1C[C@@H](C)O[C@@H](C)C1. The normalized spacial score (nSPS) is 24.1. The molecule has 1 aromatic heterocycles. The zero-order valence-electron chi connectivity index (χ0n) is 13.0. The van der Waals surface area contributed by atoms with Crippen LogP contribution in [0, 0.1) is 6.92 Å². The van der Waals surface area contributed by atoms with Crippen molar-refractivity contribution in [2.24, 2.45) is 0 Å². The van der Waals surface area contributed by atoms with Gasteiger partial charge in [0.1, 0.15) is 0 Å². The van der Waals surface area contributed by atoms with Crippen molar-refractivity contribution in [3.8, 4) is 0 Å². The van der Waals surface area contributed by atoms with Crippen molar-refractivity contribution in [2.75, 3.05) is 26.2 Å². The van der Waals surface area contributed by atoms with Crippen molar-refractivity contribution < 1.29 is 4.74 Å². The number of aromatic amines is 1. The van der Waals surface area contributed by atoms with E-state index in [0.29, 0.717) is 12.2 Å². The smallest absolute Gasteiger partial charge is 0.0678 e. The van der Waals surface area contributed by atoms with Gasteiger partial charge in [0.25, 0.3) is 0 Å². The number of hydrogen-bond acceptors (Lipinski definition) is 4. The van der Waals surface area contributed by atoms with E-state index < -0.39 is 0 Å². The first kappa shape index (κ1) is 15.5. The Kier molecular flexibility index (Phi) is 6.01. The Hall–Kier alpha value is -0.910. The van der Waals surface area contributed by atoms with Crippen LogP contribution >= 0.6 is 0 Å². The third-order valence-corrected chi connectivity index (χ3v) is 3.82. The minimum atomic E-state index is 0.376. The van der Waals surface area contributed by atoms with E-state index in [1.807, 2.05) is 6.20 Å². The van der Waals surface area contributed by atoms with Crippen LogP contribution in [-0.4, -0.2) is 53.5 Å². The van der Waals surface area contributed by atoms with Crippen LogP contribution < -0.4 is 5.32 Å². The van der Waals surface area contributed by atoms with E-state index in [9.17, 15) is 0 Å². The fraction of sp³-hybridized carbons (Fsp3) is 0.800. The molecule has 2 rings (SSSR count).